The molecule has 0 aromatic carbocycles. The maximum Gasteiger partial charge on any atom is 0.135 e. The molecule has 6 heteroatoms. The second-order valence-electron chi connectivity index (χ2n) is 4.85. The third-order valence-electron chi connectivity index (χ3n) is 2.91. The molecule has 0 bridgehead atoms. The van der Waals surface area contributed by atoms with Crippen LogP contribution in [0.3, 0.4) is 0 Å². The molecular weight excluding hydrogens is 244 g/mol. The van der Waals surface area contributed by atoms with Crippen LogP contribution in [0.2, 0.25) is 0 Å². The molecule has 0 amide bonds. The van der Waals surface area contributed by atoms with Crippen molar-refractivity contribution in [1.29, 1.82) is 0 Å². The lowest BCUT2D eigenvalue weighted by molar-refractivity contribution is -0.0819. The van der Waals surface area contributed by atoms with Crippen molar-refractivity contribution in [2.24, 2.45) is 0 Å². The molecule has 19 heavy (non-hydrogen) atoms. The summed E-state index contributed by atoms with van der Waals surface area (Å²) < 4.78 is 11.0. The van der Waals surface area contributed by atoms with Crippen LogP contribution in [-0.2, 0) is 9.47 Å². The molecule has 1 unspecified atom stereocenters. The number of nitrogens with one attached hydrogen (secondary N) is 2. The number of rotatable bonds is 5. The van der Waals surface area contributed by atoms with Crippen LogP contribution in [-0.4, -0.2) is 49.5 Å². The highest BCUT2D eigenvalue weighted by molar-refractivity contribution is 5.47. The summed E-state index contributed by atoms with van der Waals surface area (Å²) in [7, 11) is 1.86. The minimum atomic E-state index is 0.0873. The fraction of sp³-hybridized carbons (Fsp3) is 0.692. The van der Waals surface area contributed by atoms with Gasteiger partial charge in [-0.3, -0.25) is 0 Å². The maximum absolute atomic E-state index is 5.59. The Morgan fingerprint density at radius 2 is 2.11 bits per heavy atom. The first-order valence-corrected chi connectivity index (χ1v) is 6.69. The van der Waals surface area contributed by atoms with E-state index in [1.807, 2.05) is 13.1 Å². The van der Waals surface area contributed by atoms with E-state index >= 15 is 0 Å². The zero-order chi connectivity index (χ0) is 13.7. The molecule has 2 rings (SSSR count). The lowest BCUT2D eigenvalue weighted by Crippen LogP contribution is -2.34. The molecule has 2 heterocycles. The molecule has 0 spiro atoms. The fourth-order valence-corrected chi connectivity index (χ4v) is 1.82. The van der Waals surface area contributed by atoms with Gasteiger partial charge in [0.25, 0.3) is 0 Å². The lowest BCUT2D eigenvalue weighted by Gasteiger charge is -2.23. The summed E-state index contributed by atoms with van der Waals surface area (Å²) in [5.74, 6) is 2.76. The summed E-state index contributed by atoms with van der Waals surface area (Å²) in [6, 6.07) is 1.90. The summed E-state index contributed by atoms with van der Waals surface area (Å²) in [6.45, 7) is 6.83. The second kappa shape index (κ2) is 6.68. The lowest BCUT2D eigenvalue weighted by atomic mass is 10.2. The van der Waals surface area contributed by atoms with Gasteiger partial charge in [0.2, 0.25) is 0 Å². The van der Waals surface area contributed by atoms with E-state index in [-0.39, 0.29) is 6.10 Å². The SMILES string of the molecule is CNc1cc(NCC2COCCO2)nc(C(C)C)n1. The Labute approximate surface area is 113 Å². The number of aromatic nitrogens is 2. The average Bonchev–Trinajstić information content (AvgIpc) is 2.45. The molecule has 1 aromatic heterocycles. The maximum atomic E-state index is 5.59. The highest BCUT2D eigenvalue weighted by Crippen LogP contribution is 2.16. The Hall–Kier alpha value is -1.40. The van der Waals surface area contributed by atoms with Gasteiger partial charge in [-0.05, 0) is 0 Å². The molecule has 1 fully saturated rings. The fourth-order valence-electron chi connectivity index (χ4n) is 1.82. The monoisotopic (exact) mass is 266 g/mol. The van der Waals surface area contributed by atoms with Crippen LogP contribution >= 0.6 is 0 Å². The largest absolute Gasteiger partial charge is 0.376 e. The van der Waals surface area contributed by atoms with Crippen molar-refractivity contribution < 1.29 is 9.47 Å². The minimum absolute atomic E-state index is 0.0873. The number of anilines is 2. The first-order chi connectivity index (χ1) is 9.19. The summed E-state index contributed by atoms with van der Waals surface area (Å²) in [5.41, 5.74) is 0. The minimum Gasteiger partial charge on any atom is -0.376 e. The van der Waals surface area contributed by atoms with E-state index in [1.54, 1.807) is 0 Å². The number of nitrogens with zero attached hydrogens (tertiary/aromatic N) is 2. The number of ether oxygens (including phenoxy) is 2. The van der Waals surface area contributed by atoms with E-state index in [2.05, 4.69) is 34.4 Å². The molecule has 106 valence electrons. The van der Waals surface area contributed by atoms with E-state index in [1.165, 1.54) is 0 Å². The first-order valence-electron chi connectivity index (χ1n) is 6.69. The molecule has 1 aliphatic heterocycles. The average molecular weight is 266 g/mol. The Bertz CT molecular complexity index is 406. The van der Waals surface area contributed by atoms with Gasteiger partial charge in [0.15, 0.2) is 0 Å². The third kappa shape index (κ3) is 4.04. The molecule has 1 aromatic rings. The molecule has 6 nitrogen and oxygen atoms in total. The summed E-state index contributed by atoms with van der Waals surface area (Å²) in [5, 5.41) is 6.34. The number of hydrogen-bond acceptors (Lipinski definition) is 6. The van der Waals surface area contributed by atoms with Crippen molar-refractivity contribution in [1.82, 2.24) is 9.97 Å². The van der Waals surface area contributed by atoms with Gasteiger partial charge >= 0.3 is 0 Å². The predicted molar refractivity (Wildman–Crippen MR) is 74.7 cm³/mol. The van der Waals surface area contributed by atoms with Gasteiger partial charge in [-0.1, -0.05) is 13.8 Å². The van der Waals surface area contributed by atoms with Gasteiger partial charge in [0, 0.05) is 25.6 Å². The quantitative estimate of drug-likeness (QED) is 0.841. The molecule has 1 atom stereocenters. The molecule has 1 aliphatic rings. The first kappa shape index (κ1) is 14.0. The van der Waals surface area contributed by atoms with E-state index in [4.69, 9.17) is 9.47 Å². The van der Waals surface area contributed by atoms with Crippen molar-refractivity contribution in [2.45, 2.75) is 25.9 Å². The van der Waals surface area contributed by atoms with Gasteiger partial charge in [0.05, 0.1) is 25.9 Å². The van der Waals surface area contributed by atoms with E-state index in [0.29, 0.717) is 32.3 Å². The number of hydrogen-bond donors (Lipinski definition) is 2. The molecule has 0 aliphatic carbocycles. The van der Waals surface area contributed by atoms with Crippen molar-refractivity contribution >= 4 is 11.6 Å². The normalized spacial score (nSPS) is 19.5. The van der Waals surface area contributed by atoms with Gasteiger partial charge < -0.3 is 20.1 Å². The van der Waals surface area contributed by atoms with Crippen LogP contribution < -0.4 is 10.6 Å². The summed E-state index contributed by atoms with van der Waals surface area (Å²) in [4.78, 5) is 8.93. The van der Waals surface area contributed by atoms with E-state index in [9.17, 15) is 0 Å². The Balaban J connectivity index is 2.00. The van der Waals surface area contributed by atoms with Crippen molar-refractivity contribution in [3.8, 4) is 0 Å². The third-order valence-corrected chi connectivity index (χ3v) is 2.91. The topological polar surface area (TPSA) is 68.3 Å². The second-order valence-corrected chi connectivity index (χ2v) is 4.85. The molecule has 0 radical (unpaired) electrons. The van der Waals surface area contributed by atoms with Gasteiger partial charge in [-0.2, -0.15) is 0 Å². The Kier molecular flexibility index (Phi) is 4.93. The highest BCUT2D eigenvalue weighted by atomic mass is 16.6. The van der Waals surface area contributed by atoms with Crippen LogP contribution in [0, 0.1) is 0 Å². The van der Waals surface area contributed by atoms with Crippen molar-refractivity contribution in [3.63, 3.8) is 0 Å². The van der Waals surface area contributed by atoms with E-state index in [0.717, 1.165) is 17.5 Å². The predicted octanol–water partition coefficient (Wildman–Crippen LogP) is 1.47. The van der Waals surface area contributed by atoms with Gasteiger partial charge in [0.1, 0.15) is 17.5 Å². The smallest absolute Gasteiger partial charge is 0.135 e. The molecule has 0 saturated carbocycles. The van der Waals surface area contributed by atoms with Crippen LogP contribution in [0.25, 0.3) is 0 Å². The van der Waals surface area contributed by atoms with Gasteiger partial charge in [-0.25, -0.2) is 9.97 Å². The standard InChI is InChI=1S/C13H22N4O2/c1-9(2)13-16-11(14-3)6-12(17-13)15-7-10-8-18-4-5-19-10/h6,9-10H,4-5,7-8H2,1-3H3,(H2,14,15,16,17). The van der Waals surface area contributed by atoms with Crippen LogP contribution in [0.15, 0.2) is 6.07 Å². The zero-order valence-corrected chi connectivity index (χ0v) is 11.8. The van der Waals surface area contributed by atoms with E-state index < -0.39 is 0 Å². The summed E-state index contributed by atoms with van der Waals surface area (Å²) in [6.07, 6.45) is 0.0873. The van der Waals surface area contributed by atoms with Crippen LogP contribution in [0.5, 0.6) is 0 Å². The molecule has 1 saturated heterocycles. The van der Waals surface area contributed by atoms with Gasteiger partial charge in [-0.15, -0.1) is 0 Å². The Morgan fingerprint density at radius 3 is 2.74 bits per heavy atom. The summed E-state index contributed by atoms with van der Waals surface area (Å²) >= 11 is 0. The van der Waals surface area contributed by atoms with Crippen LogP contribution in [0.1, 0.15) is 25.6 Å². The Morgan fingerprint density at radius 1 is 1.32 bits per heavy atom. The molecule has 2 N–H and O–H groups in total. The van der Waals surface area contributed by atoms with Crippen molar-refractivity contribution in [2.75, 3.05) is 44.0 Å². The highest BCUT2D eigenvalue weighted by Gasteiger charge is 2.14. The van der Waals surface area contributed by atoms with Crippen molar-refractivity contribution in [3.05, 3.63) is 11.9 Å². The molecular formula is C13H22N4O2. The van der Waals surface area contributed by atoms with Crippen LogP contribution in [0.4, 0.5) is 11.6 Å². The zero-order valence-electron chi connectivity index (χ0n) is 11.8.